The van der Waals surface area contributed by atoms with E-state index >= 15 is 0 Å². The van der Waals surface area contributed by atoms with Crippen molar-refractivity contribution in [3.8, 4) is 11.5 Å². The predicted molar refractivity (Wildman–Crippen MR) is 119 cm³/mol. The summed E-state index contributed by atoms with van der Waals surface area (Å²) < 4.78 is 5.95. The summed E-state index contributed by atoms with van der Waals surface area (Å²) in [4.78, 5) is 21.4. The summed E-state index contributed by atoms with van der Waals surface area (Å²) in [6.07, 6.45) is 1.07. The second kappa shape index (κ2) is 8.71. The molecule has 0 atom stereocenters. The second-order valence-electron chi connectivity index (χ2n) is 7.96. The van der Waals surface area contributed by atoms with Gasteiger partial charge in [-0.25, -0.2) is 4.98 Å². The van der Waals surface area contributed by atoms with Gasteiger partial charge in [0, 0.05) is 36.4 Å². The van der Waals surface area contributed by atoms with Crippen molar-refractivity contribution in [3.63, 3.8) is 0 Å². The summed E-state index contributed by atoms with van der Waals surface area (Å²) in [5, 5.41) is 2.93. The molecule has 1 aliphatic heterocycles. The topological polar surface area (TPSA) is 61.6 Å². The number of anilines is 1. The molecule has 0 unspecified atom stereocenters. The zero-order valence-corrected chi connectivity index (χ0v) is 17.8. The van der Waals surface area contributed by atoms with Crippen LogP contribution in [0.2, 0.25) is 0 Å². The van der Waals surface area contributed by atoms with Crippen LogP contribution in [0.3, 0.4) is 0 Å². The minimum absolute atomic E-state index is 0.0691. The molecule has 6 nitrogen and oxygen atoms in total. The number of nitrogens with one attached hydrogen (secondary N) is 1. The van der Waals surface area contributed by atoms with Gasteiger partial charge in [-0.05, 0) is 63.3 Å². The molecular weight excluding hydrogens is 376 g/mol. The average Bonchev–Trinajstić information content (AvgIpc) is 3.32. The SMILES string of the molecule is Cc1oc(-c2ccc(C(=O)NCCN(C)C)cc2)nc1CN1CCc2ccccc21. The van der Waals surface area contributed by atoms with Gasteiger partial charge in [0.2, 0.25) is 5.89 Å². The van der Waals surface area contributed by atoms with Crippen LogP contribution >= 0.6 is 0 Å². The van der Waals surface area contributed by atoms with Gasteiger partial charge in [-0.15, -0.1) is 0 Å². The number of aromatic nitrogens is 1. The van der Waals surface area contributed by atoms with E-state index in [4.69, 9.17) is 9.40 Å². The first-order valence-corrected chi connectivity index (χ1v) is 10.3. The van der Waals surface area contributed by atoms with E-state index in [9.17, 15) is 4.79 Å². The van der Waals surface area contributed by atoms with Crippen molar-refractivity contribution in [2.45, 2.75) is 19.9 Å². The van der Waals surface area contributed by atoms with Crippen LogP contribution in [-0.2, 0) is 13.0 Å². The van der Waals surface area contributed by atoms with Crippen LogP contribution < -0.4 is 10.2 Å². The maximum atomic E-state index is 12.3. The Morgan fingerprint density at radius 2 is 1.93 bits per heavy atom. The molecular formula is C24H28N4O2. The lowest BCUT2D eigenvalue weighted by atomic mass is 10.1. The van der Waals surface area contributed by atoms with Crippen LogP contribution in [0.25, 0.3) is 11.5 Å². The molecule has 0 radical (unpaired) electrons. The molecule has 4 rings (SSSR count). The highest BCUT2D eigenvalue weighted by atomic mass is 16.4. The number of carbonyl (C=O) groups excluding carboxylic acids is 1. The van der Waals surface area contributed by atoms with Crippen LogP contribution in [-0.4, -0.2) is 49.5 Å². The third-order valence-electron chi connectivity index (χ3n) is 5.46. The lowest BCUT2D eigenvalue weighted by molar-refractivity contribution is 0.0951. The third-order valence-corrected chi connectivity index (χ3v) is 5.46. The number of oxazole rings is 1. The quantitative estimate of drug-likeness (QED) is 0.653. The highest BCUT2D eigenvalue weighted by Gasteiger charge is 2.21. The Morgan fingerprint density at radius 3 is 2.70 bits per heavy atom. The Hall–Kier alpha value is -3.12. The summed E-state index contributed by atoms with van der Waals surface area (Å²) in [5.41, 5.74) is 5.13. The molecule has 30 heavy (non-hydrogen) atoms. The molecule has 0 saturated heterocycles. The van der Waals surface area contributed by atoms with Crippen LogP contribution in [0.15, 0.2) is 52.9 Å². The van der Waals surface area contributed by atoms with Gasteiger partial charge in [-0.1, -0.05) is 18.2 Å². The van der Waals surface area contributed by atoms with Crippen molar-refractivity contribution in [1.82, 2.24) is 15.2 Å². The van der Waals surface area contributed by atoms with Crippen LogP contribution in [0.5, 0.6) is 0 Å². The van der Waals surface area contributed by atoms with Gasteiger partial charge in [0.25, 0.3) is 5.91 Å². The van der Waals surface area contributed by atoms with Gasteiger partial charge in [-0.3, -0.25) is 4.79 Å². The Kier molecular flexibility index (Phi) is 5.86. The average molecular weight is 405 g/mol. The lowest BCUT2D eigenvalue weighted by Gasteiger charge is -2.17. The number of amides is 1. The fraction of sp³-hybridized carbons (Fsp3) is 0.333. The maximum Gasteiger partial charge on any atom is 0.251 e. The summed E-state index contributed by atoms with van der Waals surface area (Å²) in [6.45, 7) is 5.12. The third kappa shape index (κ3) is 4.39. The van der Waals surface area contributed by atoms with E-state index in [1.807, 2.05) is 50.2 Å². The van der Waals surface area contributed by atoms with Crippen LogP contribution in [0, 0.1) is 6.92 Å². The number of para-hydroxylation sites is 1. The smallest absolute Gasteiger partial charge is 0.251 e. The van der Waals surface area contributed by atoms with Gasteiger partial charge < -0.3 is 19.5 Å². The predicted octanol–water partition coefficient (Wildman–Crippen LogP) is 3.50. The molecule has 1 aliphatic rings. The molecule has 3 aromatic rings. The number of likely N-dealkylation sites (N-methyl/N-ethyl adjacent to an activating group) is 1. The number of fused-ring (bicyclic) bond motifs is 1. The number of aryl methyl sites for hydroxylation is 1. The Labute approximate surface area is 177 Å². The minimum atomic E-state index is -0.0691. The largest absolute Gasteiger partial charge is 0.441 e. The summed E-state index contributed by atoms with van der Waals surface area (Å²) in [5.74, 6) is 1.36. The standard InChI is InChI=1S/C24H28N4O2/c1-17-21(16-28-14-12-18-6-4-5-7-22(18)28)26-24(30-17)20-10-8-19(9-11-20)23(29)25-13-15-27(2)3/h4-11H,12-16H2,1-3H3,(H,25,29). The molecule has 1 N–H and O–H groups in total. The molecule has 0 bridgehead atoms. The Balaban J connectivity index is 1.44. The van der Waals surface area contributed by atoms with E-state index in [1.165, 1.54) is 11.3 Å². The van der Waals surface area contributed by atoms with Gasteiger partial charge >= 0.3 is 0 Å². The number of benzene rings is 2. The van der Waals surface area contributed by atoms with Gasteiger partial charge in [0.1, 0.15) is 11.5 Å². The highest BCUT2D eigenvalue weighted by molar-refractivity contribution is 5.94. The van der Waals surface area contributed by atoms with Crippen molar-refractivity contribution < 1.29 is 9.21 Å². The number of hydrogen-bond acceptors (Lipinski definition) is 5. The van der Waals surface area contributed by atoms with Gasteiger partial charge in [0.15, 0.2) is 0 Å². The number of nitrogens with zero attached hydrogens (tertiary/aromatic N) is 3. The first-order chi connectivity index (χ1) is 14.5. The van der Waals surface area contributed by atoms with E-state index < -0.39 is 0 Å². The van der Waals surface area contributed by atoms with E-state index in [1.54, 1.807) is 0 Å². The summed E-state index contributed by atoms with van der Waals surface area (Å²) in [6, 6.07) is 15.9. The molecule has 1 aromatic heterocycles. The van der Waals surface area contributed by atoms with Crippen molar-refractivity contribution in [3.05, 3.63) is 71.1 Å². The van der Waals surface area contributed by atoms with Crippen molar-refractivity contribution in [2.24, 2.45) is 0 Å². The molecule has 156 valence electrons. The molecule has 0 fully saturated rings. The van der Waals surface area contributed by atoms with Crippen LogP contribution in [0.1, 0.15) is 27.4 Å². The van der Waals surface area contributed by atoms with Crippen molar-refractivity contribution >= 4 is 11.6 Å². The van der Waals surface area contributed by atoms with Crippen molar-refractivity contribution in [2.75, 3.05) is 38.6 Å². The molecule has 0 saturated carbocycles. The number of rotatable bonds is 7. The molecule has 6 heteroatoms. The molecule has 0 aliphatic carbocycles. The van der Waals surface area contributed by atoms with E-state index in [2.05, 4.69) is 34.5 Å². The Morgan fingerprint density at radius 1 is 1.17 bits per heavy atom. The summed E-state index contributed by atoms with van der Waals surface area (Å²) >= 11 is 0. The molecule has 1 amide bonds. The fourth-order valence-corrected chi connectivity index (χ4v) is 3.71. The number of hydrogen-bond donors (Lipinski definition) is 1. The Bertz CT molecular complexity index is 1020. The highest BCUT2D eigenvalue weighted by Crippen LogP contribution is 2.30. The van der Waals surface area contributed by atoms with E-state index in [-0.39, 0.29) is 5.91 Å². The van der Waals surface area contributed by atoms with E-state index in [0.29, 0.717) is 18.0 Å². The zero-order valence-electron chi connectivity index (χ0n) is 17.8. The maximum absolute atomic E-state index is 12.3. The normalized spacial score (nSPS) is 13.0. The lowest BCUT2D eigenvalue weighted by Crippen LogP contribution is -2.31. The van der Waals surface area contributed by atoms with Crippen molar-refractivity contribution in [1.29, 1.82) is 0 Å². The minimum Gasteiger partial charge on any atom is -0.441 e. The monoisotopic (exact) mass is 404 g/mol. The van der Waals surface area contributed by atoms with Gasteiger partial charge in [-0.2, -0.15) is 0 Å². The fourth-order valence-electron chi connectivity index (χ4n) is 3.71. The second-order valence-corrected chi connectivity index (χ2v) is 7.96. The number of carbonyl (C=O) groups is 1. The first-order valence-electron chi connectivity index (χ1n) is 10.3. The molecule has 0 spiro atoms. The zero-order chi connectivity index (χ0) is 21.1. The van der Waals surface area contributed by atoms with E-state index in [0.717, 1.165) is 43.1 Å². The molecule has 2 aromatic carbocycles. The first kappa shape index (κ1) is 20.2. The summed E-state index contributed by atoms with van der Waals surface area (Å²) in [7, 11) is 3.96. The van der Waals surface area contributed by atoms with Crippen LogP contribution in [0.4, 0.5) is 5.69 Å². The van der Waals surface area contributed by atoms with Gasteiger partial charge in [0.05, 0.1) is 6.54 Å². The molecule has 2 heterocycles.